The van der Waals surface area contributed by atoms with Crippen LogP contribution in [0.5, 0.6) is 0 Å². The van der Waals surface area contributed by atoms with E-state index in [1.54, 1.807) is 6.20 Å². The predicted molar refractivity (Wildman–Crippen MR) is 57.2 cm³/mol. The fraction of sp³-hybridized carbons (Fsp3) is 0.455. The Hall–Kier alpha value is -1.42. The van der Waals surface area contributed by atoms with Gasteiger partial charge in [0.25, 0.3) is 0 Å². The minimum atomic E-state index is -0.253. The second kappa shape index (κ2) is 5.46. The zero-order chi connectivity index (χ0) is 11.3. The molecule has 0 radical (unpaired) electrons. The fourth-order valence-corrected chi connectivity index (χ4v) is 1.23. The summed E-state index contributed by atoms with van der Waals surface area (Å²) in [6.45, 7) is 2.45. The Morgan fingerprint density at radius 2 is 2.33 bits per heavy atom. The summed E-state index contributed by atoms with van der Waals surface area (Å²) >= 11 is 0. The van der Waals surface area contributed by atoms with Gasteiger partial charge in [-0.3, -0.25) is 14.7 Å². The van der Waals surface area contributed by atoms with Crippen molar-refractivity contribution in [3.63, 3.8) is 0 Å². The molecule has 0 bridgehead atoms. The van der Waals surface area contributed by atoms with Gasteiger partial charge >= 0.3 is 5.97 Å². The zero-order valence-corrected chi connectivity index (χ0v) is 9.30. The molecule has 0 aliphatic rings. The topological polar surface area (TPSA) is 42.4 Å². The molecule has 0 amide bonds. The first-order chi connectivity index (χ1) is 7.15. The SMILES string of the molecule is COC(=O)C(C)N(C)Cc1ccccn1. The molecule has 0 aliphatic heterocycles. The highest BCUT2D eigenvalue weighted by Crippen LogP contribution is 2.04. The van der Waals surface area contributed by atoms with E-state index in [2.05, 4.69) is 9.72 Å². The molecule has 1 rings (SSSR count). The van der Waals surface area contributed by atoms with Crippen molar-refractivity contribution in [1.29, 1.82) is 0 Å². The van der Waals surface area contributed by atoms with Crippen LogP contribution in [0.1, 0.15) is 12.6 Å². The van der Waals surface area contributed by atoms with Crippen molar-refractivity contribution in [2.75, 3.05) is 14.2 Å². The fourth-order valence-electron chi connectivity index (χ4n) is 1.23. The van der Waals surface area contributed by atoms with Gasteiger partial charge in [-0.2, -0.15) is 0 Å². The lowest BCUT2D eigenvalue weighted by Crippen LogP contribution is -2.36. The van der Waals surface area contributed by atoms with Gasteiger partial charge in [0, 0.05) is 12.7 Å². The smallest absolute Gasteiger partial charge is 0.322 e. The number of rotatable bonds is 4. The van der Waals surface area contributed by atoms with E-state index in [0.717, 1.165) is 5.69 Å². The molecule has 0 fully saturated rings. The summed E-state index contributed by atoms with van der Waals surface area (Å²) in [6.07, 6.45) is 1.74. The molecule has 1 aromatic heterocycles. The van der Waals surface area contributed by atoms with Crippen LogP contribution in [0.2, 0.25) is 0 Å². The molecule has 0 saturated heterocycles. The number of pyridine rings is 1. The zero-order valence-electron chi connectivity index (χ0n) is 9.30. The number of methoxy groups -OCH3 is 1. The Morgan fingerprint density at radius 3 is 2.87 bits per heavy atom. The molecule has 82 valence electrons. The third-order valence-electron chi connectivity index (χ3n) is 2.34. The summed E-state index contributed by atoms with van der Waals surface area (Å²) in [4.78, 5) is 17.3. The average molecular weight is 208 g/mol. The summed E-state index contributed by atoms with van der Waals surface area (Å²) in [5.41, 5.74) is 0.941. The van der Waals surface area contributed by atoms with E-state index in [1.165, 1.54) is 7.11 Å². The maximum absolute atomic E-state index is 11.3. The second-order valence-corrected chi connectivity index (χ2v) is 3.44. The molecule has 1 heterocycles. The quantitative estimate of drug-likeness (QED) is 0.694. The number of nitrogens with zero attached hydrogens (tertiary/aromatic N) is 2. The van der Waals surface area contributed by atoms with E-state index in [-0.39, 0.29) is 12.0 Å². The Labute approximate surface area is 89.9 Å². The molecule has 15 heavy (non-hydrogen) atoms. The van der Waals surface area contributed by atoms with Crippen LogP contribution in [0.3, 0.4) is 0 Å². The van der Waals surface area contributed by atoms with Crippen LogP contribution < -0.4 is 0 Å². The molecule has 1 unspecified atom stereocenters. The van der Waals surface area contributed by atoms with Crippen molar-refractivity contribution in [2.45, 2.75) is 19.5 Å². The van der Waals surface area contributed by atoms with Crippen LogP contribution in [0.4, 0.5) is 0 Å². The van der Waals surface area contributed by atoms with Crippen molar-refractivity contribution >= 4 is 5.97 Å². The van der Waals surface area contributed by atoms with Crippen LogP contribution >= 0.6 is 0 Å². The van der Waals surface area contributed by atoms with Gasteiger partial charge in [0.15, 0.2) is 0 Å². The predicted octanol–water partition coefficient (Wildman–Crippen LogP) is 1.07. The maximum Gasteiger partial charge on any atom is 0.322 e. The number of aromatic nitrogens is 1. The summed E-state index contributed by atoms with van der Waals surface area (Å²) < 4.78 is 4.67. The van der Waals surface area contributed by atoms with E-state index in [4.69, 9.17) is 0 Å². The number of esters is 1. The van der Waals surface area contributed by atoms with Gasteiger partial charge in [0.1, 0.15) is 6.04 Å². The van der Waals surface area contributed by atoms with Gasteiger partial charge in [-0.05, 0) is 26.1 Å². The van der Waals surface area contributed by atoms with Gasteiger partial charge in [-0.15, -0.1) is 0 Å². The van der Waals surface area contributed by atoms with E-state index in [9.17, 15) is 4.79 Å². The van der Waals surface area contributed by atoms with E-state index >= 15 is 0 Å². The normalized spacial score (nSPS) is 12.5. The molecule has 4 nitrogen and oxygen atoms in total. The van der Waals surface area contributed by atoms with Gasteiger partial charge in [-0.25, -0.2) is 0 Å². The first-order valence-electron chi connectivity index (χ1n) is 4.83. The summed E-state index contributed by atoms with van der Waals surface area (Å²) in [5.74, 6) is -0.228. The number of ether oxygens (including phenoxy) is 1. The highest BCUT2D eigenvalue weighted by atomic mass is 16.5. The molecular formula is C11H16N2O2. The number of hydrogen-bond acceptors (Lipinski definition) is 4. The summed E-state index contributed by atoms with van der Waals surface area (Å²) in [5, 5.41) is 0. The average Bonchev–Trinajstić information content (AvgIpc) is 2.28. The standard InChI is InChI=1S/C11H16N2O2/c1-9(11(14)15-3)13(2)8-10-6-4-5-7-12-10/h4-7,9H,8H2,1-3H3. The summed E-state index contributed by atoms with van der Waals surface area (Å²) in [6, 6.07) is 5.48. The van der Waals surface area contributed by atoms with Crippen LogP contribution in [-0.4, -0.2) is 36.1 Å². The number of hydrogen-bond donors (Lipinski definition) is 0. The van der Waals surface area contributed by atoms with E-state index in [1.807, 2.05) is 37.1 Å². The lowest BCUT2D eigenvalue weighted by Gasteiger charge is -2.21. The minimum Gasteiger partial charge on any atom is -0.468 e. The molecule has 0 N–H and O–H groups in total. The second-order valence-electron chi connectivity index (χ2n) is 3.44. The highest BCUT2D eigenvalue weighted by Gasteiger charge is 2.18. The van der Waals surface area contributed by atoms with Gasteiger partial charge in [-0.1, -0.05) is 6.07 Å². The van der Waals surface area contributed by atoms with Gasteiger partial charge in [0.2, 0.25) is 0 Å². The highest BCUT2D eigenvalue weighted by molar-refractivity contribution is 5.75. The number of likely N-dealkylation sites (N-methyl/N-ethyl adjacent to an activating group) is 1. The Kier molecular flexibility index (Phi) is 4.24. The molecule has 1 aromatic rings. The molecular weight excluding hydrogens is 192 g/mol. The Bertz CT molecular complexity index is 314. The van der Waals surface area contributed by atoms with Gasteiger partial charge < -0.3 is 4.74 Å². The minimum absolute atomic E-state index is 0.228. The summed E-state index contributed by atoms with van der Waals surface area (Å²) in [7, 11) is 3.27. The van der Waals surface area contributed by atoms with Crippen LogP contribution in [0.15, 0.2) is 24.4 Å². The first kappa shape index (κ1) is 11.7. The Balaban J connectivity index is 2.56. The first-order valence-corrected chi connectivity index (χ1v) is 4.83. The van der Waals surface area contributed by atoms with Crippen molar-refractivity contribution < 1.29 is 9.53 Å². The van der Waals surface area contributed by atoms with Crippen LogP contribution in [0.25, 0.3) is 0 Å². The maximum atomic E-state index is 11.3. The van der Waals surface area contributed by atoms with Crippen molar-refractivity contribution in [1.82, 2.24) is 9.88 Å². The molecule has 0 spiro atoms. The number of carbonyl (C=O) groups excluding carboxylic acids is 1. The monoisotopic (exact) mass is 208 g/mol. The van der Waals surface area contributed by atoms with Crippen LogP contribution in [0, 0.1) is 0 Å². The lowest BCUT2D eigenvalue weighted by atomic mass is 10.2. The third kappa shape index (κ3) is 3.32. The van der Waals surface area contributed by atoms with Crippen molar-refractivity contribution in [3.8, 4) is 0 Å². The number of carbonyl (C=O) groups is 1. The van der Waals surface area contributed by atoms with Crippen molar-refractivity contribution in [2.24, 2.45) is 0 Å². The molecule has 0 saturated carbocycles. The molecule has 1 atom stereocenters. The molecule has 4 heteroatoms. The largest absolute Gasteiger partial charge is 0.468 e. The Morgan fingerprint density at radius 1 is 1.60 bits per heavy atom. The van der Waals surface area contributed by atoms with Gasteiger partial charge in [0.05, 0.1) is 12.8 Å². The molecule has 0 aromatic carbocycles. The molecule has 0 aliphatic carbocycles. The lowest BCUT2D eigenvalue weighted by molar-refractivity contribution is -0.145. The van der Waals surface area contributed by atoms with E-state index < -0.39 is 0 Å². The van der Waals surface area contributed by atoms with Crippen molar-refractivity contribution in [3.05, 3.63) is 30.1 Å². The van der Waals surface area contributed by atoms with E-state index in [0.29, 0.717) is 6.54 Å². The third-order valence-corrected chi connectivity index (χ3v) is 2.34. The van der Waals surface area contributed by atoms with Crippen LogP contribution in [-0.2, 0) is 16.1 Å².